The van der Waals surface area contributed by atoms with Crippen molar-refractivity contribution in [2.24, 2.45) is 0 Å². The highest BCUT2D eigenvalue weighted by Gasteiger charge is 2.03. The first kappa shape index (κ1) is 12.2. The molecule has 0 atom stereocenters. The monoisotopic (exact) mass is 221 g/mol. The standard InChI is InChI=1S/C12H15NO3/c1-9(14)13-12(15)8-5-10-3-6-11(16-2)7-4-10/h3-4,6-7H,5,8H2,1-2H3,(H,13,14,15). The van der Waals surface area contributed by atoms with Crippen LogP contribution in [0, 0.1) is 0 Å². The van der Waals surface area contributed by atoms with Crippen LogP contribution in [-0.4, -0.2) is 18.9 Å². The summed E-state index contributed by atoms with van der Waals surface area (Å²) in [4.78, 5) is 21.8. The second kappa shape index (κ2) is 5.90. The Morgan fingerprint density at radius 1 is 1.25 bits per heavy atom. The van der Waals surface area contributed by atoms with Gasteiger partial charge in [-0.05, 0) is 24.1 Å². The first-order valence-corrected chi connectivity index (χ1v) is 5.05. The fraction of sp³-hybridized carbons (Fsp3) is 0.333. The number of methoxy groups -OCH3 is 1. The molecule has 0 heterocycles. The van der Waals surface area contributed by atoms with Crippen molar-refractivity contribution >= 4 is 11.8 Å². The van der Waals surface area contributed by atoms with E-state index in [2.05, 4.69) is 5.32 Å². The molecule has 0 spiro atoms. The van der Waals surface area contributed by atoms with E-state index in [4.69, 9.17) is 4.74 Å². The third-order valence-corrected chi connectivity index (χ3v) is 2.12. The van der Waals surface area contributed by atoms with Crippen molar-refractivity contribution in [1.29, 1.82) is 0 Å². The van der Waals surface area contributed by atoms with Gasteiger partial charge in [0, 0.05) is 13.3 Å². The van der Waals surface area contributed by atoms with Crippen LogP contribution in [0.25, 0.3) is 0 Å². The average Bonchev–Trinajstić information content (AvgIpc) is 2.26. The fourth-order valence-electron chi connectivity index (χ4n) is 1.31. The lowest BCUT2D eigenvalue weighted by Gasteiger charge is -2.03. The molecule has 0 aliphatic carbocycles. The number of hydrogen-bond donors (Lipinski definition) is 1. The van der Waals surface area contributed by atoms with E-state index in [9.17, 15) is 9.59 Å². The van der Waals surface area contributed by atoms with Gasteiger partial charge in [-0.2, -0.15) is 0 Å². The van der Waals surface area contributed by atoms with Gasteiger partial charge in [-0.1, -0.05) is 12.1 Å². The summed E-state index contributed by atoms with van der Waals surface area (Å²) in [6, 6.07) is 7.50. The Bertz CT molecular complexity index is 370. The van der Waals surface area contributed by atoms with Crippen LogP contribution in [0.3, 0.4) is 0 Å². The maximum Gasteiger partial charge on any atom is 0.226 e. The molecule has 0 saturated carbocycles. The number of amides is 2. The number of rotatable bonds is 4. The first-order valence-electron chi connectivity index (χ1n) is 5.05. The number of carbonyl (C=O) groups is 2. The maximum absolute atomic E-state index is 11.2. The van der Waals surface area contributed by atoms with E-state index in [0.29, 0.717) is 12.8 Å². The maximum atomic E-state index is 11.2. The van der Waals surface area contributed by atoms with Gasteiger partial charge in [-0.15, -0.1) is 0 Å². The minimum atomic E-state index is -0.320. The molecule has 0 fully saturated rings. The topological polar surface area (TPSA) is 55.4 Å². The molecular weight excluding hydrogens is 206 g/mol. The van der Waals surface area contributed by atoms with E-state index in [1.165, 1.54) is 6.92 Å². The number of ether oxygens (including phenoxy) is 1. The molecule has 16 heavy (non-hydrogen) atoms. The quantitative estimate of drug-likeness (QED) is 0.833. The van der Waals surface area contributed by atoms with Crippen molar-refractivity contribution in [2.75, 3.05) is 7.11 Å². The van der Waals surface area contributed by atoms with E-state index in [0.717, 1.165) is 11.3 Å². The highest BCUT2D eigenvalue weighted by Crippen LogP contribution is 2.12. The molecule has 0 saturated heterocycles. The Labute approximate surface area is 94.6 Å². The largest absolute Gasteiger partial charge is 0.497 e. The van der Waals surface area contributed by atoms with E-state index >= 15 is 0 Å². The molecule has 0 bridgehead atoms. The lowest BCUT2D eigenvalue weighted by Crippen LogP contribution is -2.27. The van der Waals surface area contributed by atoms with Crippen molar-refractivity contribution in [3.05, 3.63) is 29.8 Å². The number of imide groups is 1. The third-order valence-electron chi connectivity index (χ3n) is 2.12. The molecule has 0 radical (unpaired) electrons. The summed E-state index contributed by atoms with van der Waals surface area (Å²) >= 11 is 0. The van der Waals surface area contributed by atoms with Crippen LogP contribution >= 0.6 is 0 Å². The Morgan fingerprint density at radius 3 is 2.38 bits per heavy atom. The van der Waals surface area contributed by atoms with Crippen molar-refractivity contribution in [3.8, 4) is 5.75 Å². The normalized spacial score (nSPS) is 9.62. The molecule has 1 N–H and O–H groups in total. The highest BCUT2D eigenvalue weighted by molar-refractivity contribution is 5.93. The van der Waals surface area contributed by atoms with Crippen LogP contribution < -0.4 is 10.1 Å². The minimum absolute atomic E-state index is 0.247. The molecule has 2 amide bonds. The van der Waals surface area contributed by atoms with Crippen LogP contribution in [0.1, 0.15) is 18.9 Å². The van der Waals surface area contributed by atoms with Crippen LogP contribution in [0.5, 0.6) is 5.75 Å². The Morgan fingerprint density at radius 2 is 1.88 bits per heavy atom. The van der Waals surface area contributed by atoms with E-state index in [1.54, 1.807) is 7.11 Å². The number of hydrogen-bond acceptors (Lipinski definition) is 3. The van der Waals surface area contributed by atoms with Crippen molar-refractivity contribution in [1.82, 2.24) is 5.32 Å². The molecule has 1 aromatic carbocycles. The number of aryl methyl sites for hydroxylation is 1. The van der Waals surface area contributed by atoms with Gasteiger partial charge >= 0.3 is 0 Å². The summed E-state index contributed by atoms with van der Waals surface area (Å²) in [5, 5.41) is 2.23. The summed E-state index contributed by atoms with van der Waals surface area (Å²) < 4.78 is 5.02. The zero-order valence-electron chi connectivity index (χ0n) is 9.45. The molecule has 0 unspecified atom stereocenters. The summed E-state index contributed by atoms with van der Waals surface area (Å²) in [7, 11) is 1.61. The number of nitrogens with one attached hydrogen (secondary N) is 1. The molecule has 86 valence electrons. The summed E-state index contributed by atoms with van der Waals surface area (Å²) in [5.74, 6) is 0.222. The van der Waals surface area contributed by atoms with E-state index < -0.39 is 0 Å². The zero-order chi connectivity index (χ0) is 12.0. The van der Waals surface area contributed by atoms with E-state index in [-0.39, 0.29) is 11.8 Å². The van der Waals surface area contributed by atoms with Gasteiger partial charge in [0.1, 0.15) is 5.75 Å². The average molecular weight is 221 g/mol. The molecule has 4 heteroatoms. The molecule has 0 aliphatic rings. The molecule has 0 aliphatic heterocycles. The molecule has 0 aromatic heterocycles. The fourth-order valence-corrected chi connectivity index (χ4v) is 1.31. The lowest BCUT2D eigenvalue weighted by molar-refractivity contribution is -0.129. The third kappa shape index (κ3) is 4.13. The molecular formula is C12H15NO3. The SMILES string of the molecule is COc1ccc(CCC(=O)NC(C)=O)cc1. The van der Waals surface area contributed by atoms with Crippen LogP contribution in [0.2, 0.25) is 0 Å². The Balaban J connectivity index is 2.42. The van der Waals surface area contributed by atoms with Gasteiger partial charge in [-0.25, -0.2) is 0 Å². The van der Waals surface area contributed by atoms with Gasteiger partial charge in [0.25, 0.3) is 0 Å². The van der Waals surface area contributed by atoms with Gasteiger partial charge in [0.15, 0.2) is 0 Å². The molecule has 1 aromatic rings. The van der Waals surface area contributed by atoms with Gasteiger partial charge in [0.05, 0.1) is 7.11 Å². The van der Waals surface area contributed by atoms with Crippen LogP contribution in [0.4, 0.5) is 0 Å². The van der Waals surface area contributed by atoms with Crippen molar-refractivity contribution in [2.45, 2.75) is 19.8 Å². The van der Waals surface area contributed by atoms with Gasteiger partial charge in [-0.3, -0.25) is 14.9 Å². The minimum Gasteiger partial charge on any atom is -0.497 e. The smallest absolute Gasteiger partial charge is 0.226 e. The van der Waals surface area contributed by atoms with Gasteiger partial charge < -0.3 is 4.74 Å². The highest BCUT2D eigenvalue weighted by atomic mass is 16.5. The predicted octanol–water partition coefficient (Wildman–Crippen LogP) is 1.29. The summed E-state index contributed by atoms with van der Waals surface area (Å²) in [5.41, 5.74) is 1.04. The second-order valence-electron chi connectivity index (χ2n) is 3.45. The van der Waals surface area contributed by atoms with Crippen LogP contribution in [-0.2, 0) is 16.0 Å². The molecule has 1 rings (SSSR count). The summed E-state index contributed by atoms with van der Waals surface area (Å²) in [6.07, 6.45) is 0.926. The van der Waals surface area contributed by atoms with Crippen LogP contribution in [0.15, 0.2) is 24.3 Å². The van der Waals surface area contributed by atoms with Gasteiger partial charge in [0.2, 0.25) is 11.8 Å². The number of carbonyl (C=O) groups excluding carboxylic acids is 2. The Kier molecular flexibility index (Phi) is 4.51. The van der Waals surface area contributed by atoms with Crippen molar-refractivity contribution in [3.63, 3.8) is 0 Å². The number of benzene rings is 1. The zero-order valence-corrected chi connectivity index (χ0v) is 9.45. The predicted molar refractivity (Wildman–Crippen MR) is 60.1 cm³/mol. The first-order chi connectivity index (χ1) is 7.61. The summed E-state index contributed by atoms with van der Waals surface area (Å²) in [6.45, 7) is 1.32. The lowest BCUT2D eigenvalue weighted by atomic mass is 10.1. The Hall–Kier alpha value is -1.84. The van der Waals surface area contributed by atoms with E-state index in [1.807, 2.05) is 24.3 Å². The van der Waals surface area contributed by atoms with Crippen molar-refractivity contribution < 1.29 is 14.3 Å². The molecule has 4 nitrogen and oxygen atoms in total. The second-order valence-corrected chi connectivity index (χ2v) is 3.45.